The average molecular weight is 496 g/mol. The molecule has 3 amide bonds. The van der Waals surface area contributed by atoms with Gasteiger partial charge in [-0.25, -0.2) is 9.78 Å². The predicted molar refractivity (Wildman–Crippen MR) is 131 cm³/mol. The third-order valence-electron chi connectivity index (χ3n) is 5.48. The number of hydrogen-bond acceptors (Lipinski definition) is 7. The highest BCUT2D eigenvalue weighted by molar-refractivity contribution is 5.94. The molecule has 9 N–H and O–H groups in total. The molecule has 0 bridgehead atoms. The summed E-state index contributed by atoms with van der Waals surface area (Å²) in [5.74, 6) is -3.01. The van der Waals surface area contributed by atoms with Crippen LogP contribution in [0.25, 0.3) is 0 Å². The molecule has 12 nitrogen and oxygen atoms in total. The number of nitrogens with zero attached hydrogens (tertiary/aromatic N) is 1. The molecule has 4 unspecified atom stereocenters. The number of unbranched alkanes of at least 4 members (excludes halogenated alkanes) is 1. The molecule has 1 aromatic rings. The van der Waals surface area contributed by atoms with Gasteiger partial charge in [-0.1, -0.05) is 27.7 Å². The van der Waals surface area contributed by atoms with Gasteiger partial charge in [0.1, 0.15) is 18.1 Å². The Kier molecular flexibility index (Phi) is 13.0. The third-order valence-corrected chi connectivity index (χ3v) is 5.48. The molecule has 0 saturated heterocycles. The Balaban J connectivity index is 3.04. The number of aliphatic carboxylic acids is 1. The Morgan fingerprint density at radius 1 is 1.00 bits per heavy atom. The first-order valence-electron chi connectivity index (χ1n) is 12.0. The zero-order valence-electron chi connectivity index (χ0n) is 21.0. The van der Waals surface area contributed by atoms with Gasteiger partial charge in [-0.05, 0) is 44.1 Å². The van der Waals surface area contributed by atoms with Gasteiger partial charge >= 0.3 is 5.97 Å². The number of carboxylic acid groups (broad SMARTS) is 1. The number of rotatable bonds is 16. The highest BCUT2D eigenvalue weighted by Crippen LogP contribution is 2.08. The van der Waals surface area contributed by atoms with E-state index in [1.54, 1.807) is 13.8 Å². The lowest BCUT2D eigenvalue weighted by molar-refractivity contribution is -0.143. The van der Waals surface area contributed by atoms with Crippen molar-refractivity contribution in [3.63, 3.8) is 0 Å². The van der Waals surface area contributed by atoms with Gasteiger partial charge in [0.05, 0.1) is 12.4 Å². The minimum atomic E-state index is -1.16. The summed E-state index contributed by atoms with van der Waals surface area (Å²) in [5.41, 5.74) is 12.2. The summed E-state index contributed by atoms with van der Waals surface area (Å²) in [6.45, 7) is 7.65. The zero-order chi connectivity index (χ0) is 26.5. The number of H-pyrrole nitrogens is 1. The second-order valence-electron chi connectivity index (χ2n) is 9.49. The maximum atomic E-state index is 13.2. The molecular formula is C23H41N7O5. The first kappa shape index (κ1) is 30.0. The van der Waals surface area contributed by atoms with Gasteiger partial charge in [0.15, 0.2) is 0 Å². The van der Waals surface area contributed by atoms with Gasteiger partial charge in [-0.2, -0.15) is 0 Å². The van der Waals surface area contributed by atoms with Gasteiger partial charge in [0.25, 0.3) is 0 Å². The quantitative estimate of drug-likeness (QED) is 0.150. The lowest BCUT2D eigenvalue weighted by atomic mass is 10.0. The van der Waals surface area contributed by atoms with Gasteiger partial charge in [0, 0.05) is 18.3 Å². The summed E-state index contributed by atoms with van der Waals surface area (Å²) in [7, 11) is 0. The summed E-state index contributed by atoms with van der Waals surface area (Å²) >= 11 is 0. The standard InChI is InChI=1S/C23H41N7O5/c1-13(2)9-16(25)20(31)29-18(10-15-11-26-12-27-15)22(33)28-17(7-5-6-8-24)21(32)30-19(14(3)4)23(34)35/h11-14,16-19H,5-10,24-25H2,1-4H3,(H,26,27)(H,28,33)(H,29,31)(H,30,32)(H,34,35). The van der Waals surface area contributed by atoms with Crippen molar-refractivity contribution >= 4 is 23.7 Å². The van der Waals surface area contributed by atoms with Crippen LogP contribution in [0.4, 0.5) is 0 Å². The van der Waals surface area contributed by atoms with Crippen LogP contribution in [0.2, 0.25) is 0 Å². The van der Waals surface area contributed by atoms with Crippen molar-refractivity contribution in [1.82, 2.24) is 25.9 Å². The molecular weight excluding hydrogens is 454 g/mol. The van der Waals surface area contributed by atoms with Crippen LogP contribution < -0.4 is 27.4 Å². The molecule has 1 rings (SSSR count). The van der Waals surface area contributed by atoms with Crippen LogP contribution in [-0.4, -0.2) is 69.5 Å². The molecule has 0 saturated carbocycles. The third kappa shape index (κ3) is 10.9. The summed E-state index contributed by atoms with van der Waals surface area (Å²) in [6.07, 6.45) is 4.98. The molecule has 0 aliphatic heterocycles. The molecule has 1 aromatic heterocycles. The first-order chi connectivity index (χ1) is 16.5. The smallest absolute Gasteiger partial charge is 0.326 e. The first-order valence-corrected chi connectivity index (χ1v) is 12.0. The normalized spacial score (nSPS) is 14.7. The Morgan fingerprint density at radius 3 is 2.14 bits per heavy atom. The minimum absolute atomic E-state index is 0.104. The van der Waals surface area contributed by atoms with Gasteiger partial charge in [-0.15, -0.1) is 0 Å². The fourth-order valence-corrected chi connectivity index (χ4v) is 3.52. The number of carbonyl (C=O) groups is 4. The van der Waals surface area contributed by atoms with Gasteiger partial charge in [-0.3, -0.25) is 14.4 Å². The van der Waals surface area contributed by atoms with E-state index in [4.69, 9.17) is 11.5 Å². The molecule has 4 atom stereocenters. The van der Waals surface area contributed by atoms with E-state index in [9.17, 15) is 24.3 Å². The number of hydrogen-bond donors (Lipinski definition) is 7. The number of carbonyl (C=O) groups excluding carboxylic acids is 3. The predicted octanol–water partition coefficient (Wildman–Crippen LogP) is -0.350. The Morgan fingerprint density at radius 2 is 1.63 bits per heavy atom. The number of nitrogens with one attached hydrogen (secondary N) is 4. The second-order valence-corrected chi connectivity index (χ2v) is 9.49. The SMILES string of the molecule is CC(C)CC(N)C(=O)NC(Cc1cnc[nH]1)C(=O)NC(CCCCN)C(=O)NC(C(=O)O)C(C)C. The van der Waals surface area contributed by atoms with Crippen LogP contribution >= 0.6 is 0 Å². The van der Waals surface area contributed by atoms with Gasteiger partial charge in [0.2, 0.25) is 17.7 Å². The fraction of sp³-hybridized carbons (Fsp3) is 0.696. The van der Waals surface area contributed by atoms with Crippen molar-refractivity contribution in [2.75, 3.05) is 6.54 Å². The van der Waals surface area contributed by atoms with Crippen LogP contribution in [0, 0.1) is 11.8 Å². The topological polar surface area (TPSA) is 205 Å². The highest BCUT2D eigenvalue weighted by atomic mass is 16.4. The van der Waals surface area contributed by atoms with E-state index in [-0.39, 0.29) is 24.7 Å². The van der Waals surface area contributed by atoms with E-state index in [1.165, 1.54) is 12.5 Å². The molecule has 0 aliphatic rings. The number of aromatic nitrogens is 2. The molecule has 0 aromatic carbocycles. The molecule has 0 radical (unpaired) electrons. The summed E-state index contributed by atoms with van der Waals surface area (Å²) in [6, 6.07) is -3.92. The van der Waals surface area contributed by atoms with Gasteiger partial charge < -0.3 is 37.5 Å². The average Bonchev–Trinajstić information content (AvgIpc) is 3.28. The number of carboxylic acids is 1. The molecule has 198 valence electrons. The summed E-state index contributed by atoms with van der Waals surface area (Å²) in [4.78, 5) is 57.2. The summed E-state index contributed by atoms with van der Waals surface area (Å²) in [5, 5.41) is 17.3. The van der Waals surface area contributed by atoms with Crippen molar-refractivity contribution in [1.29, 1.82) is 0 Å². The number of imidazole rings is 1. The Hall–Kier alpha value is -2.99. The van der Waals surface area contributed by atoms with Crippen LogP contribution in [0.15, 0.2) is 12.5 Å². The lowest BCUT2D eigenvalue weighted by Crippen LogP contribution is -2.58. The Labute approximate surface area is 206 Å². The van der Waals surface area contributed by atoms with Crippen LogP contribution in [-0.2, 0) is 25.6 Å². The molecule has 12 heteroatoms. The van der Waals surface area contributed by atoms with Crippen molar-refractivity contribution in [2.45, 2.75) is 84.0 Å². The number of nitrogens with two attached hydrogens (primary N) is 2. The lowest BCUT2D eigenvalue weighted by Gasteiger charge is -2.26. The van der Waals surface area contributed by atoms with Crippen LogP contribution in [0.3, 0.4) is 0 Å². The molecule has 0 aliphatic carbocycles. The summed E-state index contributed by atoms with van der Waals surface area (Å²) < 4.78 is 0. The maximum Gasteiger partial charge on any atom is 0.326 e. The molecule has 35 heavy (non-hydrogen) atoms. The fourth-order valence-electron chi connectivity index (χ4n) is 3.52. The van der Waals surface area contributed by atoms with E-state index in [0.29, 0.717) is 31.5 Å². The van der Waals surface area contributed by atoms with Crippen molar-refractivity contribution in [3.8, 4) is 0 Å². The monoisotopic (exact) mass is 495 g/mol. The number of aromatic amines is 1. The van der Waals surface area contributed by atoms with E-state index < -0.39 is 47.9 Å². The largest absolute Gasteiger partial charge is 0.480 e. The van der Waals surface area contributed by atoms with E-state index in [0.717, 1.165) is 0 Å². The highest BCUT2D eigenvalue weighted by Gasteiger charge is 2.31. The molecule has 0 spiro atoms. The minimum Gasteiger partial charge on any atom is -0.480 e. The van der Waals surface area contributed by atoms with Crippen molar-refractivity contribution < 1.29 is 24.3 Å². The van der Waals surface area contributed by atoms with E-state index >= 15 is 0 Å². The number of amides is 3. The van der Waals surface area contributed by atoms with Crippen LogP contribution in [0.1, 0.15) is 59.1 Å². The maximum absolute atomic E-state index is 13.2. The zero-order valence-corrected chi connectivity index (χ0v) is 21.0. The second kappa shape index (κ2) is 15.1. The molecule has 1 heterocycles. The van der Waals surface area contributed by atoms with E-state index in [1.807, 2.05) is 13.8 Å². The van der Waals surface area contributed by atoms with E-state index in [2.05, 4.69) is 25.9 Å². The van der Waals surface area contributed by atoms with Crippen molar-refractivity contribution in [3.05, 3.63) is 18.2 Å². The van der Waals surface area contributed by atoms with Crippen molar-refractivity contribution in [2.24, 2.45) is 23.3 Å². The Bertz CT molecular complexity index is 813. The van der Waals surface area contributed by atoms with Crippen LogP contribution in [0.5, 0.6) is 0 Å². The molecule has 0 fully saturated rings.